The zero-order valence-corrected chi connectivity index (χ0v) is 13.4. The number of hydrogen-bond acceptors (Lipinski definition) is 4. The van der Waals surface area contributed by atoms with E-state index < -0.39 is 0 Å². The van der Waals surface area contributed by atoms with Gasteiger partial charge in [0.2, 0.25) is 0 Å². The summed E-state index contributed by atoms with van der Waals surface area (Å²) in [4.78, 5) is 0. The Labute approximate surface area is 137 Å². The lowest BCUT2D eigenvalue weighted by molar-refractivity contribution is 0.421. The van der Waals surface area contributed by atoms with Gasteiger partial charge in [0.05, 0.1) is 0 Å². The highest BCUT2D eigenvalue weighted by Crippen LogP contribution is 2.27. The largest absolute Gasteiger partial charge is 0.462 e. The molecule has 0 saturated carbocycles. The van der Waals surface area contributed by atoms with Crippen molar-refractivity contribution in [2.24, 2.45) is 5.73 Å². The Balaban J connectivity index is 2.05. The van der Waals surface area contributed by atoms with Gasteiger partial charge in [-0.05, 0) is 44.2 Å². The summed E-state index contributed by atoms with van der Waals surface area (Å²) in [5.74, 6) is 2.85. The van der Waals surface area contributed by atoms with Gasteiger partial charge in [0, 0.05) is 23.9 Å². The molecule has 0 heterocycles. The molecule has 4 nitrogen and oxygen atoms in total. The zero-order valence-electron chi connectivity index (χ0n) is 13.4. The summed E-state index contributed by atoms with van der Waals surface area (Å²) in [5.41, 5.74) is 12.1. The van der Waals surface area contributed by atoms with Crippen molar-refractivity contribution < 1.29 is 9.47 Å². The van der Waals surface area contributed by atoms with Crippen molar-refractivity contribution in [3.05, 3.63) is 72.5 Å². The molecular formula is C19H22N2O2. The van der Waals surface area contributed by atoms with Crippen molar-refractivity contribution in [3.8, 4) is 17.2 Å². The topological polar surface area (TPSA) is 70.5 Å². The standard InChI is InChI=1S/C19H22N2O2/c1-14(20)6-3-7-15(2)22-18-10-5-11-19(13-18)23-17-9-4-8-16(21)12-17/h3-14H,20-21H2,1-2H3/b6-3-,15-7+. The van der Waals surface area contributed by atoms with Gasteiger partial charge in [-0.2, -0.15) is 0 Å². The molecular weight excluding hydrogens is 288 g/mol. The first-order chi connectivity index (χ1) is 11.0. The first-order valence-electron chi connectivity index (χ1n) is 7.45. The Morgan fingerprint density at radius 2 is 1.70 bits per heavy atom. The maximum atomic E-state index is 5.78. The van der Waals surface area contributed by atoms with Gasteiger partial charge in [0.25, 0.3) is 0 Å². The Morgan fingerprint density at radius 1 is 1.04 bits per heavy atom. The fourth-order valence-corrected chi connectivity index (χ4v) is 1.90. The molecule has 2 aromatic carbocycles. The van der Waals surface area contributed by atoms with Crippen molar-refractivity contribution in [1.82, 2.24) is 0 Å². The molecule has 23 heavy (non-hydrogen) atoms. The van der Waals surface area contributed by atoms with Crippen LogP contribution in [-0.2, 0) is 0 Å². The third-order valence-corrected chi connectivity index (χ3v) is 2.92. The second-order valence-electron chi connectivity index (χ2n) is 5.27. The van der Waals surface area contributed by atoms with Gasteiger partial charge in [0.15, 0.2) is 0 Å². The molecule has 0 aliphatic rings. The average molecular weight is 310 g/mol. The van der Waals surface area contributed by atoms with Crippen molar-refractivity contribution in [3.63, 3.8) is 0 Å². The normalized spacial score (nSPS) is 13.1. The fraction of sp³-hybridized carbons (Fsp3) is 0.158. The number of rotatable bonds is 6. The maximum absolute atomic E-state index is 5.78. The minimum Gasteiger partial charge on any atom is -0.462 e. The lowest BCUT2D eigenvalue weighted by Crippen LogP contribution is -2.09. The first kappa shape index (κ1) is 16.6. The molecule has 4 N–H and O–H groups in total. The van der Waals surface area contributed by atoms with E-state index in [2.05, 4.69) is 0 Å². The van der Waals surface area contributed by atoms with Crippen LogP contribution in [0.3, 0.4) is 0 Å². The summed E-state index contributed by atoms with van der Waals surface area (Å²) in [6.45, 7) is 3.80. The molecule has 0 aliphatic heterocycles. The minimum atomic E-state index is 0.0223. The zero-order chi connectivity index (χ0) is 16.7. The third-order valence-electron chi connectivity index (χ3n) is 2.92. The molecule has 2 rings (SSSR count). The van der Waals surface area contributed by atoms with Crippen molar-refractivity contribution in [1.29, 1.82) is 0 Å². The van der Waals surface area contributed by atoms with Crippen LogP contribution < -0.4 is 20.9 Å². The number of hydrogen-bond donors (Lipinski definition) is 2. The second-order valence-corrected chi connectivity index (χ2v) is 5.27. The summed E-state index contributed by atoms with van der Waals surface area (Å²) in [6.07, 6.45) is 5.65. The molecule has 0 aliphatic carbocycles. The molecule has 0 bridgehead atoms. The first-order valence-corrected chi connectivity index (χ1v) is 7.45. The molecule has 1 unspecified atom stereocenters. The smallest absolute Gasteiger partial charge is 0.131 e. The Kier molecular flexibility index (Phi) is 5.83. The van der Waals surface area contributed by atoms with Gasteiger partial charge in [-0.3, -0.25) is 0 Å². The Morgan fingerprint density at radius 3 is 2.39 bits per heavy atom. The predicted molar refractivity (Wildman–Crippen MR) is 94.5 cm³/mol. The third kappa shape index (κ3) is 5.88. The highest BCUT2D eigenvalue weighted by molar-refractivity contribution is 5.45. The number of ether oxygens (including phenoxy) is 2. The van der Waals surface area contributed by atoms with Crippen LogP contribution in [0.2, 0.25) is 0 Å². The summed E-state index contributed by atoms with van der Waals surface area (Å²) >= 11 is 0. The molecule has 0 saturated heterocycles. The van der Waals surface area contributed by atoms with Crippen molar-refractivity contribution >= 4 is 5.69 Å². The molecule has 120 valence electrons. The van der Waals surface area contributed by atoms with Gasteiger partial charge < -0.3 is 20.9 Å². The van der Waals surface area contributed by atoms with Gasteiger partial charge in [-0.15, -0.1) is 0 Å². The van der Waals surface area contributed by atoms with E-state index in [9.17, 15) is 0 Å². The van der Waals surface area contributed by atoms with E-state index in [-0.39, 0.29) is 6.04 Å². The van der Waals surface area contributed by atoms with Crippen LogP contribution >= 0.6 is 0 Å². The highest BCUT2D eigenvalue weighted by atomic mass is 16.5. The van der Waals surface area contributed by atoms with E-state index in [1.165, 1.54) is 0 Å². The molecule has 0 fully saturated rings. The highest BCUT2D eigenvalue weighted by Gasteiger charge is 2.01. The molecule has 0 amide bonds. The Bertz CT molecular complexity index is 706. The van der Waals surface area contributed by atoms with E-state index in [0.717, 1.165) is 5.76 Å². The quantitative estimate of drug-likeness (QED) is 0.475. The van der Waals surface area contributed by atoms with E-state index in [1.54, 1.807) is 6.07 Å². The molecule has 0 spiro atoms. The van der Waals surface area contributed by atoms with Crippen LogP contribution in [-0.4, -0.2) is 6.04 Å². The second kappa shape index (κ2) is 8.06. The predicted octanol–water partition coefficient (Wildman–Crippen LogP) is 4.25. The van der Waals surface area contributed by atoms with Crippen molar-refractivity contribution in [2.75, 3.05) is 5.73 Å². The summed E-state index contributed by atoms with van der Waals surface area (Å²) in [6, 6.07) is 14.8. The maximum Gasteiger partial charge on any atom is 0.131 e. The van der Waals surface area contributed by atoms with Gasteiger partial charge >= 0.3 is 0 Å². The molecule has 2 aromatic rings. The number of allylic oxidation sites excluding steroid dienone is 3. The number of nitrogens with two attached hydrogens (primary N) is 2. The Hall–Kier alpha value is -2.72. The summed E-state index contributed by atoms with van der Waals surface area (Å²) in [5, 5.41) is 0. The summed E-state index contributed by atoms with van der Waals surface area (Å²) < 4.78 is 11.5. The molecule has 1 atom stereocenters. The number of nitrogen functional groups attached to an aromatic ring is 1. The van der Waals surface area contributed by atoms with Crippen LogP contribution in [0.1, 0.15) is 13.8 Å². The van der Waals surface area contributed by atoms with Gasteiger partial charge in [-0.1, -0.05) is 24.3 Å². The van der Waals surface area contributed by atoms with E-state index >= 15 is 0 Å². The lowest BCUT2D eigenvalue weighted by Gasteiger charge is -2.09. The minimum absolute atomic E-state index is 0.0223. The van der Waals surface area contributed by atoms with E-state index in [0.29, 0.717) is 22.9 Å². The van der Waals surface area contributed by atoms with Crippen LogP contribution in [0, 0.1) is 0 Å². The van der Waals surface area contributed by atoms with Crippen molar-refractivity contribution in [2.45, 2.75) is 19.9 Å². The molecule has 0 radical (unpaired) electrons. The van der Waals surface area contributed by atoms with Crippen LogP contribution in [0.4, 0.5) is 5.69 Å². The lowest BCUT2D eigenvalue weighted by atomic mass is 10.3. The van der Waals surface area contributed by atoms with Gasteiger partial charge in [0.1, 0.15) is 23.0 Å². The van der Waals surface area contributed by atoms with Crippen LogP contribution in [0.5, 0.6) is 17.2 Å². The van der Waals surface area contributed by atoms with Crippen LogP contribution in [0.25, 0.3) is 0 Å². The fourth-order valence-electron chi connectivity index (χ4n) is 1.90. The van der Waals surface area contributed by atoms with E-state index in [4.69, 9.17) is 20.9 Å². The van der Waals surface area contributed by atoms with Gasteiger partial charge in [-0.25, -0.2) is 0 Å². The molecule has 0 aromatic heterocycles. The molecule has 4 heteroatoms. The van der Waals surface area contributed by atoms with Crippen LogP contribution in [0.15, 0.2) is 72.5 Å². The average Bonchev–Trinajstić information content (AvgIpc) is 2.47. The monoisotopic (exact) mass is 310 g/mol. The number of anilines is 1. The van der Waals surface area contributed by atoms with E-state index in [1.807, 2.05) is 74.5 Å². The SMILES string of the molecule is C/C(=C\C=C/C(C)N)Oc1cccc(Oc2cccc(N)c2)c1. The number of benzene rings is 2. The summed E-state index contributed by atoms with van der Waals surface area (Å²) in [7, 11) is 0.